The van der Waals surface area contributed by atoms with Crippen LogP contribution in [0.15, 0.2) is 78.4 Å². The molecule has 1 aliphatic heterocycles. The molecule has 0 atom stereocenters. The van der Waals surface area contributed by atoms with E-state index in [9.17, 15) is 4.79 Å². The minimum Gasteiger partial charge on any atom is -0.493 e. The van der Waals surface area contributed by atoms with E-state index in [1.165, 1.54) is 5.69 Å². The molecule has 0 saturated carbocycles. The van der Waals surface area contributed by atoms with Gasteiger partial charge in [0.2, 0.25) is 5.75 Å². The molecule has 0 radical (unpaired) electrons. The molecule has 1 fully saturated rings. The fourth-order valence-corrected chi connectivity index (χ4v) is 5.17. The lowest BCUT2D eigenvalue weighted by molar-refractivity contribution is 0.0761. The summed E-state index contributed by atoms with van der Waals surface area (Å²) in [5.41, 5.74) is 4.03. The van der Waals surface area contributed by atoms with Crippen molar-refractivity contribution in [3.63, 3.8) is 0 Å². The van der Waals surface area contributed by atoms with E-state index >= 15 is 0 Å². The van der Waals surface area contributed by atoms with Gasteiger partial charge in [0.15, 0.2) is 11.5 Å². The zero-order valence-corrected chi connectivity index (χ0v) is 24.1. The van der Waals surface area contributed by atoms with Crippen molar-refractivity contribution in [1.82, 2.24) is 9.80 Å². The maximum atomic E-state index is 13.9. The third kappa shape index (κ3) is 7.57. The third-order valence-electron chi connectivity index (χ3n) is 7.25. The third-order valence-corrected chi connectivity index (χ3v) is 7.25. The minimum atomic E-state index is -0.0611. The first-order valence-electron chi connectivity index (χ1n) is 13.9. The van der Waals surface area contributed by atoms with Gasteiger partial charge < -0.3 is 24.0 Å². The Kier molecular flexibility index (Phi) is 10.5. The first-order chi connectivity index (χ1) is 19.5. The van der Waals surface area contributed by atoms with Gasteiger partial charge in [0.05, 0.1) is 21.3 Å². The number of ether oxygens (including phenoxy) is 3. The van der Waals surface area contributed by atoms with Crippen LogP contribution < -0.4 is 19.1 Å². The van der Waals surface area contributed by atoms with Crippen molar-refractivity contribution in [2.75, 3.05) is 72.0 Å². The minimum absolute atomic E-state index is 0.0611. The van der Waals surface area contributed by atoms with Gasteiger partial charge in [-0.1, -0.05) is 60.2 Å². The van der Waals surface area contributed by atoms with Crippen LogP contribution in [-0.2, 0) is 0 Å². The topological polar surface area (TPSA) is 54.5 Å². The number of para-hydroxylation sites is 1. The monoisotopic (exact) mass is 543 g/mol. The fraction of sp³-hybridized carbons (Fsp3) is 0.364. The number of piperazine rings is 1. The molecule has 0 aromatic heterocycles. The van der Waals surface area contributed by atoms with Gasteiger partial charge in [-0.25, -0.2) is 0 Å². The van der Waals surface area contributed by atoms with Crippen LogP contribution in [0, 0.1) is 0 Å². The molecule has 1 heterocycles. The summed E-state index contributed by atoms with van der Waals surface area (Å²) in [6.07, 6.45) is 3.03. The van der Waals surface area contributed by atoms with E-state index in [1.54, 1.807) is 33.5 Å². The molecule has 4 rings (SSSR count). The molecule has 0 bridgehead atoms. The number of carbonyl (C=O) groups is 1. The van der Waals surface area contributed by atoms with Gasteiger partial charge in [-0.05, 0) is 49.7 Å². The van der Waals surface area contributed by atoms with Crippen LogP contribution in [-0.4, -0.2) is 82.8 Å². The highest BCUT2D eigenvalue weighted by molar-refractivity contribution is 5.96. The van der Waals surface area contributed by atoms with Crippen LogP contribution >= 0.6 is 0 Å². The van der Waals surface area contributed by atoms with Crippen LogP contribution in [0.3, 0.4) is 0 Å². The number of amides is 1. The van der Waals surface area contributed by atoms with Crippen LogP contribution in [0.4, 0.5) is 5.69 Å². The van der Waals surface area contributed by atoms with Crippen molar-refractivity contribution in [2.45, 2.75) is 13.3 Å². The summed E-state index contributed by atoms with van der Waals surface area (Å²) in [6, 6.07) is 24.3. The molecular weight excluding hydrogens is 502 g/mol. The number of anilines is 1. The van der Waals surface area contributed by atoms with E-state index in [0.717, 1.165) is 50.3 Å². The van der Waals surface area contributed by atoms with E-state index in [2.05, 4.69) is 65.3 Å². The molecule has 3 aromatic carbocycles. The standard InChI is InChI=1S/C33H41N3O4/c1-26(22-27-12-7-5-8-13-27)25-36(33(37)28-23-30(38-2)32(40-4)31(24-28)39-3)17-11-16-34-18-20-35(21-19-34)29-14-9-6-10-15-29/h5-10,12-15,22-24H,11,16-21,25H2,1-4H3/b26-22+. The fourth-order valence-electron chi connectivity index (χ4n) is 5.17. The quantitative estimate of drug-likeness (QED) is 0.302. The second-order valence-electron chi connectivity index (χ2n) is 10.1. The molecule has 3 aromatic rings. The Bertz CT molecular complexity index is 1230. The van der Waals surface area contributed by atoms with Crippen molar-refractivity contribution in [2.24, 2.45) is 0 Å². The highest BCUT2D eigenvalue weighted by Crippen LogP contribution is 2.38. The lowest BCUT2D eigenvalue weighted by Crippen LogP contribution is -2.47. The van der Waals surface area contributed by atoms with Gasteiger partial charge in [-0.3, -0.25) is 9.69 Å². The molecule has 212 valence electrons. The molecule has 0 unspecified atom stereocenters. The van der Waals surface area contributed by atoms with Crippen molar-refractivity contribution in [1.29, 1.82) is 0 Å². The number of benzene rings is 3. The summed E-state index contributed by atoms with van der Waals surface area (Å²) in [6.45, 7) is 8.26. The van der Waals surface area contributed by atoms with Gasteiger partial charge in [0.1, 0.15) is 0 Å². The zero-order valence-electron chi connectivity index (χ0n) is 24.1. The largest absolute Gasteiger partial charge is 0.493 e. The summed E-state index contributed by atoms with van der Waals surface area (Å²) >= 11 is 0. The Morgan fingerprint density at radius 1 is 0.850 bits per heavy atom. The molecule has 0 N–H and O–H groups in total. The lowest BCUT2D eigenvalue weighted by atomic mass is 10.1. The zero-order chi connectivity index (χ0) is 28.3. The molecule has 7 heteroatoms. The molecule has 40 heavy (non-hydrogen) atoms. The van der Waals surface area contributed by atoms with Gasteiger partial charge in [0.25, 0.3) is 5.91 Å². The van der Waals surface area contributed by atoms with Crippen molar-refractivity contribution in [3.8, 4) is 17.2 Å². The first-order valence-corrected chi connectivity index (χ1v) is 13.9. The molecule has 7 nitrogen and oxygen atoms in total. The second kappa shape index (κ2) is 14.4. The van der Waals surface area contributed by atoms with E-state index in [4.69, 9.17) is 14.2 Å². The average Bonchev–Trinajstić information content (AvgIpc) is 3.00. The van der Waals surface area contributed by atoms with Gasteiger partial charge in [-0.15, -0.1) is 0 Å². The van der Waals surface area contributed by atoms with Crippen LogP contribution in [0.2, 0.25) is 0 Å². The number of methoxy groups -OCH3 is 3. The van der Waals surface area contributed by atoms with Crippen molar-refractivity contribution in [3.05, 3.63) is 89.5 Å². The summed E-state index contributed by atoms with van der Waals surface area (Å²) in [4.78, 5) is 20.7. The Hall–Kier alpha value is -3.97. The summed E-state index contributed by atoms with van der Waals surface area (Å²) in [7, 11) is 4.69. The van der Waals surface area contributed by atoms with Crippen LogP contribution in [0.25, 0.3) is 6.08 Å². The Morgan fingerprint density at radius 2 is 1.45 bits per heavy atom. The number of rotatable bonds is 12. The summed E-state index contributed by atoms with van der Waals surface area (Å²) in [5, 5.41) is 0. The molecule has 1 amide bonds. The highest BCUT2D eigenvalue weighted by atomic mass is 16.5. The number of carbonyl (C=O) groups excluding carboxylic acids is 1. The van der Waals surface area contributed by atoms with Crippen LogP contribution in [0.1, 0.15) is 29.3 Å². The van der Waals surface area contributed by atoms with Gasteiger partial charge in [-0.2, -0.15) is 0 Å². The molecule has 1 aliphatic rings. The van der Waals surface area contributed by atoms with Gasteiger partial charge >= 0.3 is 0 Å². The molecule has 0 spiro atoms. The highest BCUT2D eigenvalue weighted by Gasteiger charge is 2.22. The van der Waals surface area contributed by atoms with Gasteiger partial charge in [0, 0.05) is 50.5 Å². The smallest absolute Gasteiger partial charge is 0.254 e. The van der Waals surface area contributed by atoms with E-state index < -0.39 is 0 Å². The SMILES string of the molecule is COc1cc(C(=O)N(CCCN2CCN(c3ccccc3)CC2)C/C(C)=C/c2ccccc2)cc(OC)c1OC. The molecular formula is C33H41N3O4. The second-order valence-corrected chi connectivity index (χ2v) is 10.1. The van der Waals surface area contributed by atoms with Crippen molar-refractivity contribution >= 4 is 17.7 Å². The Morgan fingerprint density at radius 3 is 2.02 bits per heavy atom. The summed E-state index contributed by atoms with van der Waals surface area (Å²) in [5.74, 6) is 1.35. The van der Waals surface area contributed by atoms with E-state index in [1.807, 2.05) is 23.1 Å². The van der Waals surface area contributed by atoms with Crippen LogP contribution in [0.5, 0.6) is 17.2 Å². The maximum Gasteiger partial charge on any atom is 0.254 e. The molecule has 1 saturated heterocycles. The van der Waals surface area contributed by atoms with Crippen molar-refractivity contribution < 1.29 is 19.0 Å². The normalized spacial score (nSPS) is 14.1. The molecule has 0 aliphatic carbocycles. The maximum absolute atomic E-state index is 13.9. The lowest BCUT2D eigenvalue weighted by Gasteiger charge is -2.36. The predicted molar refractivity (Wildman–Crippen MR) is 162 cm³/mol. The summed E-state index contributed by atoms with van der Waals surface area (Å²) < 4.78 is 16.5. The Balaban J connectivity index is 1.45. The predicted octanol–water partition coefficient (Wildman–Crippen LogP) is 5.47. The van der Waals surface area contributed by atoms with E-state index in [0.29, 0.717) is 35.9 Å². The number of hydrogen-bond donors (Lipinski definition) is 0. The number of nitrogens with zero attached hydrogens (tertiary/aromatic N) is 3. The average molecular weight is 544 g/mol. The van der Waals surface area contributed by atoms with E-state index in [-0.39, 0.29) is 5.91 Å². The Labute approximate surface area is 238 Å². The first kappa shape index (κ1) is 29.0. The number of hydrogen-bond acceptors (Lipinski definition) is 6.